The first-order valence-corrected chi connectivity index (χ1v) is 6.89. The lowest BCUT2D eigenvalue weighted by Crippen LogP contribution is -2.40. The van der Waals surface area contributed by atoms with Crippen LogP contribution in [0.5, 0.6) is 0 Å². The van der Waals surface area contributed by atoms with Crippen molar-refractivity contribution in [2.24, 2.45) is 5.92 Å². The Hall–Kier alpha value is -2.34. The molecule has 0 radical (unpaired) electrons. The molecule has 0 fully saturated rings. The van der Waals surface area contributed by atoms with Gasteiger partial charge in [-0.15, -0.1) is 0 Å². The molecule has 0 saturated carbocycles. The highest BCUT2D eigenvalue weighted by Gasteiger charge is 2.15. The van der Waals surface area contributed by atoms with Gasteiger partial charge in [0, 0.05) is 25.0 Å². The van der Waals surface area contributed by atoms with Crippen molar-refractivity contribution in [2.75, 3.05) is 11.9 Å². The first-order chi connectivity index (χ1) is 10.1. The van der Waals surface area contributed by atoms with E-state index in [-0.39, 0.29) is 24.6 Å². The van der Waals surface area contributed by atoms with E-state index in [4.69, 9.17) is 5.11 Å². The Morgan fingerprint density at radius 1 is 1.33 bits per heavy atom. The normalized spacial score (nSPS) is 13.5. The Balaban J connectivity index is 2.08. The van der Waals surface area contributed by atoms with E-state index in [1.165, 1.54) is 0 Å². The lowest BCUT2D eigenvalue weighted by Gasteiger charge is -2.20. The van der Waals surface area contributed by atoms with Crippen molar-refractivity contribution in [1.29, 1.82) is 0 Å². The van der Waals surface area contributed by atoms with Gasteiger partial charge in [-0.2, -0.15) is 5.10 Å². The van der Waals surface area contributed by atoms with Crippen LogP contribution in [0, 0.1) is 5.92 Å². The molecule has 0 aliphatic heterocycles. The zero-order valence-corrected chi connectivity index (χ0v) is 12.2. The van der Waals surface area contributed by atoms with Crippen LogP contribution in [0.25, 0.3) is 5.69 Å². The van der Waals surface area contributed by atoms with Crippen LogP contribution in [0.1, 0.15) is 13.8 Å². The fourth-order valence-electron chi connectivity index (χ4n) is 1.86. The zero-order valence-electron chi connectivity index (χ0n) is 12.2. The van der Waals surface area contributed by atoms with Gasteiger partial charge in [-0.3, -0.25) is 0 Å². The summed E-state index contributed by atoms with van der Waals surface area (Å²) in [6.07, 6.45) is 3.50. The van der Waals surface area contributed by atoms with E-state index in [0.717, 1.165) is 5.69 Å². The first-order valence-electron chi connectivity index (χ1n) is 6.89. The van der Waals surface area contributed by atoms with Crippen LogP contribution in [0.2, 0.25) is 0 Å². The summed E-state index contributed by atoms with van der Waals surface area (Å²) in [5.74, 6) is -0.00268. The summed E-state index contributed by atoms with van der Waals surface area (Å²) in [5, 5.41) is 18.9. The summed E-state index contributed by atoms with van der Waals surface area (Å²) in [4.78, 5) is 12.0. The molecule has 6 heteroatoms. The number of rotatable bonds is 5. The van der Waals surface area contributed by atoms with Crippen LogP contribution < -0.4 is 10.6 Å². The van der Waals surface area contributed by atoms with Crippen molar-refractivity contribution in [2.45, 2.75) is 19.9 Å². The number of aliphatic hydroxyl groups is 1. The summed E-state index contributed by atoms with van der Waals surface area (Å²) in [7, 11) is 0. The molecule has 1 aromatic heterocycles. The Labute approximate surface area is 123 Å². The Morgan fingerprint density at radius 3 is 2.76 bits per heavy atom. The molecule has 112 valence electrons. The van der Waals surface area contributed by atoms with Crippen LogP contribution in [0.15, 0.2) is 42.7 Å². The third-order valence-electron chi connectivity index (χ3n) is 3.40. The third-order valence-corrected chi connectivity index (χ3v) is 3.40. The zero-order chi connectivity index (χ0) is 15.2. The lowest BCUT2D eigenvalue weighted by atomic mass is 10.1. The molecule has 0 saturated heterocycles. The van der Waals surface area contributed by atoms with Crippen LogP contribution in [-0.4, -0.2) is 33.6 Å². The second-order valence-electron chi connectivity index (χ2n) is 5.01. The van der Waals surface area contributed by atoms with Gasteiger partial charge in [-0.1, -0.05) is 19.1 Å². The minimum Gasteiger partial charge on any atom is -0.396 e. The number of hydrogen-bond acceptors (Lipinski definition) is 3. The number of carbonyl (C=O) groups is 1. The highest BCUT2D eigenvalue weighted by atomic mass is 16.3. The molecule has 21 heavy (non-hydrogen) atoms. The largest absolute Gasteiger partial charge is 0.396 e. The number of nitrogens with one attached hydrogen (secondary N) is 2. The quantitative estimate of drug-likeness (QED) is 0.787. The third kappa shape index (κ3) is 3.82. The van der Waals surface area contributed by atoms with Gasteiger partial charge in [0.15, 0.2) is 0 Å². The Kier molecular flexibility index (Phi) is 4.94. The number of nitrogens with zero attached hydrogens (tertiary/aromatic N) is 2. The minimum atomic E-state index is -0.303. The molecule has 0 spiro atoms. The van der Waals surface area contributed by atoms with Crippen molar-refractivity contribution < 1.29 is 9.90 Å². The fourth-order valence-corrected chi connectivity index (χ4v) is 1.86. The number of anilines is 1. The van der Waals surface area contributed by atoms with Gasteiger partial charge < -0.3 is 15.7 Å². The summed E-state index contributed by atoms with van der Waals surface area (Å²) in [6.45, 7) is 3.77. The second kappa shape index (κ2) is 6.90. The standard InChI is InChI=1S/C15H20N4O2/c1-11(10-20)12(2)17-15(21)18-13-6-3-4-7-14(13)19-9-5-8-16-19/h3-9,11-12,20H,10H2,1-2H3,(H2,17,18,21). The molecule has 1 aromatic carbocycles. The topological polar surface area (TPSA) is 79.2 Å². The molecule has 0 bridgehead atoms. The van der Waals surface area contributed by atoms with Crippen molar-refractivity contribution in [3.63, 3.8) is 0 Å². The van der Waals surface area contributed by atoms with E-state index in [0.29, 0.717) is 5.69 Å². The number of hydrogen-bond donors (Lipinski definition) is 3. The highest BCUT2D eigenvalue weighted by molar-refractivity contribution is 5.91. The predicted octanol–water partition coefficient (Wildman–Crippen LogP) is 2.01. The van der Waals surface area contributed by atoms with Gasteiger partial charge in [0.25, 0.3) is 0 Å². The molecule has 2 aromatic rings. The molecule has 0 aliphatic carbocycles. The average Bonchev–Trinajstić information content (AvgIpc) is 3.00. The maximum Gasteiger partial charge on any atom is 0.319 e. The number of amides is 2. The fraction of sp³-hybridized carbons (Fsp3) is 0.333. The van der Waals surface area contributed by atoms with Gasteiger partial charge in [-0.05, 0) is 31.0 Å². The molecular formula is C15H20N4O2. The Morgan fingerprint density at radius 2 is 2.10 bits per heavy atom. The summed E-state index contributed by atoms with van der Waals surface area (Å²) in [5.41, 5.74) is 1.46. The number of benzene rings is 1. The van der Waals surface area contributed by atoms with E-state index >= 15 is 0 Å². The summed E-state index contributed by atoms with van der Waals surface area (Å²) >= 11 is 0. The molecule has 1 heterocycles. The van der Waals surface area contributed by atoms with E-state index in [2.05, 4.69) is 15.7 Å². The summed E-state index contributed by atoms with van der Waals surface area (Å²) in [6, 6.07) is 8.83. The smallest absolute Gasteiger partial charge is 0.319 e. The van der Waals surface area contributed by atoms with Gasteiger partial charge >= 0.3 is 6.03 Å². The summed E-state index contributed by atoms with van der Waals surface area (Å²) < 4.78 is 1.69. The molecule has 2 amide bonds. The van der Waals surface area contributed by atoms with Crippen molar-refractivity contribution in [1.82, 2.24) is 15.1 Å². The number of urea groups is 1. The van der Waals surface area contributed by atoms with E-state index in [1.807, 2.05) is 50.4 Å². The molecular weight excluding hydrogens is 268 g/mol. The van der Waals surface area contributed by atoms with Crippen molar-refractivity contribution in [3.05, 3.63) is 42.7 Å². The lowest BCUT2D eigenvalue weighted by molar-refractivity contribution is 0.204. The second-order valence-corrected chi connectivity index (χ2v) is 5.01. The maximum atomic E-state index is 12.0. The maximum absolute atomic E-state index is 12.0. The van der Waals surface area contributed by atoms with Gasteiger partial charge in [0.1, 0.15) is 0 Å². The van der Waals surface area contributed by atoms with Crippen molar-refractivity contribution in [3.8, 4) is 5.69 Å². The SMILES string of the molecule is CC(CO)C(C)NC(=O)Nc1ccccc1-n1cccn1. The number of aromatic nitrogens is 2. The van der Waals surface area contributed by atoms with Gasteiger partial charge in [-0.25, -0.2) is 9.48 Å². The predicted molar refractivity (Wildman–Crippen MR) is 81.4 cm³/mol. The first kappa shape index (κ1) is 15.1. The van der Waals surface area contributed by atoms with Crippen LogP contribution in [0.3, 0.4) is 0 Å². The number of para-hydroxylation sites is 2. The van der Waals surface area contributed by atoms with Crippen LogP contribution in [-0.2, 0) is 0 Å². The van der Waals surface area contributed by atoms with Crippen LogP contribution >= 0.6 is 0 Å². The average molecular weight is 288 g/mol. The van der Waals surface area contributed by atoms with Gasteiger partial charge in [0.2, 0.25) is 0 Å². The van der Waals surface area contributed by atoms with Crippen molar-refractivity contribution >= 4 is 11.7 Å². The van der Waals surface area contributed by atoms with Crippen LogP contribution in [0.4, 0.5) is 10.5 Å². The molecule has 2 rings (SSSR count). The van der Waals surface area contributed by atoms with E-state index < -0.39 is 0 Å². The number of carbonyl (C=O) groups excluding carboxylic acids is 1. The molecule has 2 atom stereocenters. The Bertz CT molecular complexity index is 583. The minimum absolute atomic E-state index is 0.00268. The van der Waals surface area contributed by atoms with E-state index in [1.54, 1.807) is 10.9 Å². The molecule has 6 nitrogen and oxygen atoms in total. The molecule has 2 unspecified atom stereocenters. The van der Waals surface area contributed by atoms with E-state index in [9.17, 15) is 4.79 Å². The van der Waals surface area contributed by atoms with Gasteiger partial charge in [0.05, 0.1) is 11.4 Å². The number of aliphatic hydroxyl groups excluding tert-OH is 1. The molecule has 0 aliphatic rings. The monoisotopic (exact) mass is 288 g/mol. The molecule has 3 N–H and O–H groups in total. The highest BCUT2D eigenvalue weighted by Crippen LogP contribution is 2.18.